The molecular weight excluding hydrogens is 330 g/mol. The van der Waals surface area contributed by atoms with Gasteiger partial charge in [0.2, 0.25) is 5.91 Å². The fourth-order valence-electron chi connectivity index (χ4n) is 3.85. The van der Waals surface area contributed by atoms with E-state index in [9.17, 15) is 14.4 Å². The molecule has 0 bridgehead atoms. The van der Waals surface area contributed by atoms with Crippen LogP contribution in [0.1, 0.15) is 47.9 Å². The second-order valence-corrected chi connectivity index (χ2v) is 7.33. The molecule has 1 atom stereocenters. The Kier molecular flexibility index (Phi) is 5.41. The predicted octanol–water partition coefficient (Wildman–Crippen LogP) is 1.86. The Bertz CT molecular complexity index is 681. The molecular formula is C20H27N3O3. The van der Waals surface area contributed by atoms with E-state index in [0.717, 1.165) is 26.1 Å². The van der Waals surface area contributed by atoms with E-state index in [0.29, 0.717) is 24.2 Å². The lowest BCUT2D eigenvalue weighted by molar-refractivity contribution is -0.136. The molecule has 1 saturated heterocycles. The topological polar surface area (TPSA) is 60.9 Å². The summed E-state index contributed by atoms with van der Waals surface area (Å²) in [7, 11) is 0. The molecule has 26 heavy (non-hydrogen) atoms. The minimum absolute atomic E-state index is 0.118. The summed E-state index contributed by atoms with van der Waals surface area (Å²) in [6.45, 7) is 9.97. The monoisotopic (exact) mass is 357 g/mol. The Labute approximate surface area is 154 Å². The summed E-state index contributed by atoms with van der Waals surface area (Å²) in [5, 5.41) is 0. The van der Waals surface area contributed by atoms with Crippen molar-refractivity contribution in [1.29, 1.82) is 0 Å². The lowest BCUT2D eigenvalue weighted by atomic mass is 10.0. The van der Waals surface area contributed by atoms with E-state index in [1.807, 2.05) is 18.7 Å². The SMILES string of the molecule is CCN1CCCN(C(=O)C(C(C)C)N2C(=O)c3ccccc3C2=O)CC1. The summed E-state index contributed by atoms with van der Waals surface area (Å²) < 4.78 is 0. The van der Waals surface area contributed by atoms with Crippen LogP contribution in [0.25, 0.3) is 0 Å². The number of fused-ring (bicyclic) bond motifs is 1. The zero-order chi connectivity index (χ0) is 18.8. The lowest BCUT2D eigenvalue weighted by Gasteiger charge is -2.33. The first-order valence-corrected chi connectivity index (χ1v) is 9.43. The van der Waals surface area contributed by atoms with Crippen molar-refractivity contribution in [3.63, 3.8) is 0 Å². The molecule has 1 aromatic rings. The number of amides is 3. The van der Waals surface area contributed by atoms with Crippen LogP contribution in [-0.4, -0.2) is 71.2 Å². The molecule has 0 aliphatic carbocycles. The summed E-state index contributed by atoms with van der Waals surface area (Å²) in [6, 6.07) is 6.04. The summed E-state index contributed by atoms with van der Waals surface area (Å²) in [5.74, 6) is -0.979. The van der Waals surface area contributed by atoms with Crippen LogP contribution in [0.5, 0.6) is 0 Å². The molecule has 2 aliphatic heterocycles. The van der Waals surface area contributed by atoms with E-state index in [-0.39, 0.29) is 23.6 Å². The zero-order valence-electron chi connectivity index (χ0n) is 15.8. The van der Waals surface area contributed by atoms with Crippen molar-refractivity contribution < 1.29 is 14.4 Å². The third kappa shape index (κ3) is 3.26. The van der Waals surface area contributed by atoms with Crippen LogP contribution in [0, 0.1) is 5.92 Å². The number of benzene rings is 1. The van der Waals surface area contributed by atoms with Gasteiger partial charge in [0.15, 0.2) is 0 Å². The summed E-state index contributed by atoms with van der Waals surface area (Å²) >= 11 is 0. The van der Waals surface area contributed by atoms with E-state index in [2.05, 4.69) is 11.8 Å². The van der Waals surface area contributed by atoms with Gasteiger partial charge in [-0.05, 0) is 37.6 Å². The first kappa shape index (κ1) is 18.6. The molecule has 2 heterocycles. The number of carbonyl (C=O) groups is 3. The Morgan fingerprint density at radius 1 is 1.00 bits per heavy atom. The van der Waals surface area contributed by atoms with E-state index < -0.39 is 6.04 Å². The molecule has 1 fully saturated rings. The van der Waals surface area contributed by atoms with Gasteiger partial charge in [0, 0.05) is 19.6 Å². The van der Waals surface area contributed by atoms with Crippen LogP contribution < -0.4 is 0 Å². The molecule has 1 unspecified atom stereocenters. The molecule has 6 nitrogen and oxygen atoms in total. The van der Waals surface area contributed by atoms with Gasteiger partial charge in [0.1, 0.15) is 6.04 Å². The van der Waals surface area contributed by atoms with Gasteiger partial charge >= 0.3 is 0 Å². The zero-order valence-corrected chi connectivity index (χ0v) is 15.8. The molecule has 1 aromatic carbocycles. The second-order valence-electron chi connectivity index (χ2n) is 7.33. The predicted molar refractivity (Wildman–Crippen MR) is 98.9 cm³/mol. The summed E-state index contributed by atoms with van der Waals surface area (Å²) in [4.78, 5) is 44.3. The van der Waals surface area contributed by atoms with Crippen LogP contribution in [0.3, 0.4) is 0 Å². The highest BCUT2D eigenvalue weighted by Crippen LogP contribution is 2.28. The minimum atomic E-state index is -0.754. The van der Waals surface area contributed by atoms with Gasteiger partial charge in [-0.2, -0.15) is 0 Å². The van der Waals surface area contributed by atoms with Crippen LogP contribution in [-0.2, 0) is 4.79 Å². The number of rotatable bonds is 4. The van der Waals surface area contributed by atoms with Crippen molar-refractivity contribution in [1.82, 2.24) is 14.7 Å². The first-order valence-electron chi connectivity index (χ1n) is 9.43. The van der Waals surface area contributed by atoms with Crippen molar-refractivity contribution in [2.24, 2.45) is 5.92 Å². The van der Waals surface area contributed by atoms with Crippen molar-refractivity contribution in [2.45, 2.75) is 33.2 Å². The number of imide groups is 1. The van der Waals surface area contributed by atoms with Crippen LogP contribution in [0.15, 0.2) is 24.3 Å². The lowest BCUT2D eigenvalue weighted by Crippen LogP contribution is -2.54. The summed E-state index contributed by atoms with van der Waals surface area (Å²) in [5.41, 5.74) is 0.785. The van der Waals surface area contributed by atoms with Crippen LogP contribution in [0.2, 0.25) is 0 Å². The molecule has 0 saturated carbocycles. The minimum Gasteiger partial charge on any atom is -0.340 e. The average molecular weight is 357 g/mol. The van der Waals surface area contributed by atoms with Gasteiger partial charge in [0.05, 0.1) is 11.1 Å². The normalized spacial score (nSPS) is 19.7. The van der Waals surface area contributed by atoms with E-state index >= 15 is 0 Å². The molecule has 0 spiro atoms. The Morgan fingerprint density at radius 3 is 2.15 bits per heavy atom. The molecule has 0 radical (unpaired) electrons. The third-order valence-electron chi connectivity index (χ3n) is 5.34. The molecule has 0 aromatic heterocycles. The molecule has 3 rings (SSSR count). The van der Waals surface area contributed by atoms with Crippen molar-refractivity contribution in [3.05, 3.63) is 35.4 Å². The van der Waals surface area contributed by atoms with Gasteiger partial charge in [-0.15, -0.1) is 0 Å². The van der Waals surface area contributed by atoms with Gasteiger partial charge in [-0.1, -0.05) is 32.9 Å². The summed E-state index contributed by atoms with van der Waals surface area (Å²) in [6.07, 6.45) is 0.909. The molecule has 0 N–H and O–H groups in total. The fraction of sp³-hybridized carbons (Fsp3) is 0.550. The maximum Gasteiger partial charge on any atom is 0.262 e. The maximum atomic E-state index is 13.3. The fourth-order valence-corrected chi connectivity index (χ4v) is 3.85. The molecule has 140 valence electrons. The largest absolute Gasteiger partial charge is 0.340 e. The van der Waals surface area contributed by atoms with Gasteiger partial charge in [0.25, 0.3) is 11.8 Å². The number of likely N-dealkylation sites (N-methyl/N-ethyl adjacent to an activating group) is 1. The highest BCUT2D eigenvalue weighted by molar-refractivity contribution is 6.22. The number of hydrogen-bond donors (Lipinski definition) is 0. The van der Waals surface area contributed by atoms with Gasteiger partial charge < -0.3 is 9.80 Å². The standard InChI is InChI=1S/C20H27N3O3/c1-4-21-10-7-11-22(13-12-21)20(26)17(14(2)3)23-18(24)15-8-5-6-9-16(15)19(23)25/h5-6,8-9,14,17H,4,7,10-13H2,1-3H3. The van der Waals surface area contributed by atoms with Crippen molar-refractivity contribution >= 4 is 17.7 Å². The Morgan fingerprint density at radius 2 is 1.62 bits per heavy atom. The number of nitrogens with zero attached hydrogens (tertiary/aromatic N) is 3. The molecule has 6 heteroatoms. The Hall–Kier alpha value is -2.21. The number of hydrogen-bond acceptors (Lipinski definition) is 4. The molecule has 2 aliphatic rings. The molecule has 3 amide bonds. The smallest absolute Gasteiger partial charge is 0.262 e. The number of carbonyl (C=O) groups excluding carboxylic acids is 3. The van der Waals surface area contributed by atoms with Crippen LogP contribution in [0.4, 0.5) is 0 Å². The first-order chi connectivity index (χ1) is 12.5. The van der Waals surface area contributed by atoms with E-state index in [1.54, 1.807) is 24.3 Å². The third-order valence-corrected chi connectivity index (χ3v) is 5.34. The van der Waals surface area contributed by atoms with E-state index in [1.165, 1.54) is 4.90 Å². The van der Waals surface area contributed by atoms with Gasteiger partial charge in [-0.3, -0.25) is 19.3 Å². The highest BCUT2D eigenvalue weighted by Gasteiger charge is 2.45. The van der Waals surface area contributed by atoms with Crippen LogP contribution >= 0.6 is 0 Å². The average Bonchev–Trinajstić information content (AvgIpc) is 2.82. The van der Waals surface area contributed by atoms with Crippen molar-refractivity contribution in [2.75, 3.05) is 32.7 Å². The van der Waals surface area contributed by atoms with Gasteiger partial charge in [-0.25, -0.2) is 0 Å². The highest BCUT2D eigenvalue weighted by atomic mass is 16.2. The van der Waals surface area contributed by atoms with Crippen molar-refractivity contribution in [3.8, 4) is 0 Å². The Balaban J connectivity index is 1.85. The second kappa shape index (κ2) is 7.58. The maximum absolute atomic E-state index is 13.3. The van der Waals surface area contributed by atoms with E-state index in [4.69, 9.17) is 0 Å². The quantitative estimate of drug-likeness (QED) is 0.772.